The van der Waals surface area contributed by atoms with Gasteiger partial charge in [-0.1, -0.05) is 0 Å². The molecular formula is C8H15N3O2. The highest BCUT2D eigenvalue weighted by Crippen LogP contribution is 2.03. The van der Waals surface area contributed by atoms with Gasteiger partial charge in [0.25, 0.3) is 0 Å². The minimum Gasteiger partial charge on any atom is -0.367 e. The molecule has 13 heavy (non-hydrogen) atoms. The van der Waals surface area contributed by atoms with Crippen molar-refractivity contribution in [1.29, 1.82) is 0 Å². The highest BCUT2D eigenvalue weighted by Gasteiger charge is 2.06. The van der Waals surface area contributed by atoms with Gasteiger partial charge in [-0.15, -0.1) is 0 Å². The Morgan fingerprint density at radius 3 is 3.00 bits per heavy atom. The van der Waals surface area contributed by atoms with Gasteiger partial charge in [0.1, 0.15) is 5.69 Å². The normalized spacial score (nSPS) is 10.3. The zero-order valence-electron chi connectivity index (χ0n) is 7.96. The second kappa shape index (κ2) is 4.71. The van der Waals surface area contributed by atoms with E-state index in [0.717, 1.165) is 19.5 Å². The van der Waals surface area contributed by atoms with Crippen LogP contribution in [0, 0.1) is 0 Å². The number of hydrogen-bond donors (Lipinski definition) is 2. The fourth-order valence-electron chi connectivity index (χ4n) is 1.13. The van der Waals surface area contributed by atoms with E-state index in [1.807, 2.05) is 19.0 Å². The number of aromatic amines is 1. The van der Waals surface area contributed by atoms with Crippen LogP contribution in [0.25, 0.3) is 0 Å². The summed E-state index contributed by atoms with van der Waals surface area (Å²) in [4.78, 5) is 12.9. The molecule has 0 atom stereocenters. The van der Waals surface area contributed by atoms with Crippen LogP contribution >= 0.6 is 0 Å². The van der Waals surface area contributed by atoms with Crippen molar-refractivity contribution in [3.05, 3.63) is 16.6 Å². The van der Waals surface area contributed by atoms with Gasteiger partial charge in [0.2, 0.25) is 0 Å². The second-order valence-electron chi connectivity index (χ2n) is 2.92. The molecule has 0 spiro atoms. The van der Waals surface area contributed by atoms with Crippen LogP contribution in [0.1, 0.15) is 6.42 Å². The summed E-state index contributed by atoms with van der Waals surface area (Å²) >= 11 is 0. The minimum atomic E-state index is -0.313. The molecule has 0 saturated heterocycles. The van der Waals surface area contributed by atoms with Crippen LogP contribution < -0.4 is 15.8 Å². The van der Waals surface area contributed by atoms with Crippen molar-refractivity contribution in [1.82, 2.24) is 10.5 Å². The van der Waals surface area contributed by atoms with Gasteiger partial charge in [-0.05, 0) is 20.0 Å². The van der Waals surface area contributed by atoms with Crippen LogP contribution in [0.2, 0.25) is 0 Å². The summed E-state index contributed by atoms with van der Waals surface area (Å²) < 4.78 is 4.55. The summed E-state index contributed by atoms with van der Waals surface area (Å²) in [5, 5.41) is 5.47. The molecule has 0 bridgehead atoms. The van der Waals surface area contributed by atoms with Crippen molar-refractivity contribution in [3.8, 4) is 0 Å². The molecule has 0 fully saturated rings. The van der Waals surface area contributed by atoms with E-state index >= 15 is 0 Å². The van der Waals surface area contributed by atoms with Crippen molar-refractivity contribution < 1.29 is 4.52 Å². The molecule has 0 amide bonds. The standard InChI is InChI=1S/C8H15N3O2/c1-9-4-3-5-11(2)7-6-10-13-8(7)12/h6,9-10H,3-5H2,1-2H3. The molecule has 0 unspecified atom stereocenters. The lowest BCUT2D eigenvalue weighted by molar-refractivity contribution is 0.391. The molecule has 5 nitrogen and oxygen atoms in total. The quantitative estimate of drug-likeness (QED) is 0.634. The molecule has 1 heterocycles. The summed E-state index contributed by atoms with van der Waals surface area (Å²) in [5.41, 5.74) is 0.267. The van der Waals surface area contributed by atoms with Crippen molar-refractivity contribution in [2.45, 2.75) is 6.42 Å². The van der Waals surface area contributed by atoms with E-state index in [0.29, 0.717) is 5.69 Å². The number of H-pyrrole nitrogens is 1. The van der Waals surface area contributed by atoms with Crippen molar-refractivity contribution >= 4 is 5.69 Å². The van der Waals surface area contributed by atoms with E-state index in [9.17, 15) is 4.79 Å². The topological polar surface area (TPSA) is 61.3 Å². The van der Waals surface area contributed by atoms with Crippen molar-refractivity contribution in [2.75, 3.05) is 32.1 Å². The first-order valence-electron chi connectivity index (χ1n) is 4.28. The Morgan fingerprint density at radius 2 is 2.46 bits per heavy atom. The molecular weight excluding hydrogens is 170 g/mol. The van der Waals surface area contributed by atoms with E-state index in [1.165, 1.54) is 0 Å². The Hall–Kier alpha value is -1.23. The Labute approximate surface area is 76.7 Å². The van der Waals surface area contributed by atoms with Crippen LogP contribution in [0.4, 0.5) is 5.69 Å². The zero-order valence-corrected chi connectivity index (χ0v) is 7.96. The molecule has 1 aromatic heterocycles. The van der Waals surface area contributed by atoms with Crippen LogP contribution in [-0.2, 0) is 0 Å². The average Bonchev–Trinajstić information content (AvgIpc) is 2.52. The molecule has 0 radical (unpaired) electrons. The number of nitrogens with one attached hydrogen (secondary N) is 2. The highest BCUT2D eigenvalue weighted by molar-refractivity contribution is 5.39. The summed E-state index contributed by atoms with van der Waals surface area (Å²) in [6, 6.07) is 0. The molecule has 1 rings (SSSR count). The van der Waals surface area contributed by atoms with Crippen LogP contribution in [0.3, 0.4) is 0 Å². The van der Waals surface area contributed by atoms with Gasteiger partial charge in [-0.25, -0.2) is 9.95 Å². The minimum absolute atomic E-state index is 0.313. The van der Waals surface area contributed by atoms with Gasteiger partial charge in [-0.2, -0.15) is 0 Å². The van der Waals surface area contributed by atoms with Gasteiger partial charge in [-0.3, -0.25) is 0 Å². The third-order valence-corrected chi connectivity index (χ3v) is 1.89. The van der Waals surface area contributed by atoms with Crippen LogP contribution in [0.5, 0.6) is 0 Å². The number of aromatic nitrogens is 1. The predicted molar refractivity (Wildman–Crippen MR) is 51.1 cm³/mol. The molecule has 74 valence electrons. The molecule has 0 saturated carbocycles. The maximum Gasteiger partial charge on any atom is 0.380 e. The molecule has 2 N–H and O–H groups in total. The first-order valence-corrected chi connectivity index (χ1v) is 4.28. The Morgan fingerprint density at radius 1 is 1.69 bits per heavy atom. The SMILES string of the molecule is CNCCCN(C)c1c[nH]oc1=O. The number of hydrogen-bond acceptors (Lipinski definition) is 4. The first-order chi connectivity index (χ1) is 6.25. The van der Waals surface area contributed by atoms with Gasteiger partial charge in [0, 0.05) is 13.6 Å². The molecule has 1 aromatic rings. The highest BCUT2D eigenvalue weighted by atomic mass is 16.5. The largest absolute Gasteiger partial charge is 0.380 e. The molecule has 0 aliphatic rings. The third-order valence-electron chi connectivity index (χ3n) is 1.89. The summed E-state index contributed by atoms with van der Waals surface area (Å²) in [5.74, 6) is 0. The maximum atomic E-state index is 11.0. The fraction of sp³-hybridized carbons (Fsp3) is 0.625. The van der Waals surface area contributed by atoms with E-state index < -0.39 is 0 Å². The Balaban J connectivity index is 2.44. The lowest BCUT2D eigenvalue weighted by Gasteiger charge is -2.14. The molecule has 0 aliphatic heterocycles. The van der Waals surface area contributed by atoms with E-state index in [-0.39, 0.29) is 5.63 Å². The molecule has 0 aromatic carbocycles. The average molecular weight is 185 g/mol. The maximum absolute atomic E-state index is 11.0. The predicted octanol–water partition coefficient (Wildman–Crippen LogP) is 0.0136. The summed E-state index contributed by atoms with van der Waals surface area (Å²) in [6.07, 6.45) is 2.57. The first kappa shape index (κ1) is 9.85. The smallest absolute Gasteiger partial charge is 0.367 e. The number of anilines is 1. The van der Waals surface area contributed by atoms with E-state index in [2.05, 4.69) is 15.0 Å². The summed E-state index contributed by atoms with van der Waals surface area (Å²) in [6.45, 7) is 1.78. The summed E-state index contributed by atoms with van der Waals surface area (Å²) in [7, 11) is 3.78. The van der Waals surface area contributed by atoms with Crippen molar-refractivity contribution in [2.24, 2.45) is 0 Å². The van der Waals surface area contributed by atoms with E-state index in [4.69, 9.17) is 0 Å². The molecule has 5 heteroatoms. The third kappa shape index (κ3) is 2.62. The molecule has 0 aliphatic carbocycles. The van der Waals surface area contributed by atoms with Crippen LogP contribution in [-0.4, -0.2) is 32.3 Å². The van der Waals surface area contributed by atoms with Gasteiger partial charge < -0.3 is 14.7 Å². The monoisotopic (exact) mass is 185 g/mol. The van der Waals surface area contributed by atoms with Gasteiger partial charge in [0.05, 0.1) is 6.20 Å². The van der Waals surface area contributed by atoms with Crippen molar-refractivity contribution in [3.63, 3.8) is 0 Å². The van der Waals surface area contributed by atoms with E-state index in [1.54, 1.807) is 6.20 Å². The number of rotatable bonds is 5. The van der Waals surface area contributed by atoms with Gasteiger partial charge >= 0.3 is 5.63 Å². The Kier molecular flexibility index (Phi) is 3.57. The lowest BCUT2D eigenvalue weighted by Crippen LogP contribution is -2.25. The van der Waals surface area contributed by atoms with Crippen LogP contribution in [0.15, 0.2) is 15.5 Å². The number of nitrogens with zero attached hydrogens (tertiary/aromatic N) is 1. The fourth-order valence-corrected chi connectivity index (χ4v) is 1.13. The second-order valence-corrected chi connectivity index (χ2v) is 2.92. The zero-order chi connectivity index (χ0) is 9.68. The van der Waals surface area contributed by atoms with Gasteiger partial charge in [0.15, 0.2) is 0 Å². The lowest BCUT2D eigenvalue weighted by atomic mass is 10.3. The Bertz CT molecular complexity index is 292.